The van der Waals surface area contributed by atoms with Gasteiger partial charge in [0.05, 0.1) is 7.11 Å². The molecule has 138 valence electrons. The summed E-state index contributed by atoms with van der Waals surface area (Å²) in [7, 11) is 1.46. The van der Waals surface area contributed by atoms with Crippen molar-refractivity contribution in [3.63, 3.8) is 0 Å². The van der Waals surface area contributed by atoms with Crippen LogP contribution in [0.25, 0.3) is 0 Å². The summed E-state index contributed by atoms with van der Waals surface area (Å²) >= 11 is 5.94. The molecule has 2 aromatic rings. The van der Waals surface area contributed by atoms with Gasteiger partial charge in [-0.25, -0.2) is 4.39 Å². The molecule has 2 aromatic carbocycles. The highest BCUT2D eigenvalue weighted by Crippen LogP contribution is 2.20. The molecule has 1 aliphatic rings. The van der Waals surface area contributed by atoms with Crippen LogP contribution >= 0.6 is 11.6 Å². The average Bonchev–Trinajstić information content (AvgIpc) is 2.63. The summed E-state index contributed by atoms with van der Waals surface area (Å²) in [5.41, 5.74) is 1.50. The van der Waals surface area contributed by atoms with Gasteiger partial charge in [0.1, 0.15) is 0 Å². The Morgan fingerprint density at radius 1 is 1.27 bits per heavy atom. The van der Waals surface area contributed by atoms with Gasteiger partial charge in [-0.15, -0.1) is 0 Å². The summed E-state index contributed by atoms with van der Waals surface area (Å²) in [6.45, 7) is 2.40. The van der Waals surface area contributed by atoms with Gasteiger partial charge in [-0.1, -0.05) is 23.7 Å². The number of nitrogens with zero attached hydrogens (tertiary/aromatic N) is 1. The first-order chi connectivity index (χ1) is 12.5. The Hall–Kier alpha value is -2.11. The van der Waals surface area contributed by atoms with E-state index >= 15 is 0 Å². The lowest BCUT2D eigenvalue weighted by molar-refractivity contribution is 0.0909. The van der Waals surface area contributed by atoms with Crippen molar-refractivity contribution in [3.8, 4) is 5.75 Å². The number of piperidine rings is 1. The van der Waals surface area contributed by atoms with Gasteiger partial charge in [0, 0.05) is 36.3 Å². The molecule has 1 heterocycles. The van der Waals surface area contributed by atoms with Crippen LogP contribution in [0, 0.1) is 5.82 Å². The van der Waals surface area contributed by atoms with E-state index in [1.54, 1.807) is 30.3 Å². The lowest BCUT2D eigenvalue weighted by Gasteiger charge is -2.32. The van der Waals surface area contributed by atoms with E-state index in [1.807, 2.05) is 6.07 Å². The fourth-order valence-corrected chi connectivity index (χ4v) is 3.39. The van der Waals surface area contributed by atoms with E-state index in [9.17, 15) is 9.18 Å². The summed E-state index contributed by atoms with van der Waals surface area (Å²) in [5, 5.41) is 3.63. The quantitative estimate of drug-likeness (QED) is 0.861. The summed E-state index contributed by atoms with van der Waals surface area (Å²) in [6, 6.07) is 12.2. The van der Waals surface area contributed by atoms with Crippen LogP contribution in [0.2, 0.25) is 5.02 Å². The van der Waals surface area contributed by atoms with Crippen molar-refractivity contribution < 1.29 is 13.9 Å². The smallest absolute Gasteiger partial charge is 0.251 e. The Morgan fingerprint density at radius 3 is 2.69 bits per heavy atom. The number of hydrogen-bond donors (Lipinski definition) is 1. The summed E-state index contributed by atoms with van der Waals surface area (Å²) in [5.74, 6) is -0.173. The van der Waals surface area contributed by atoms with Gasteiger partial charge >= 0.3 is 0 Å². The summed E-state index contributed by atoms with van der Waals surface area (Å²) < 4.78 is 18.7. The number of carbonyl (C=O) groups excluding carboxylic acids is 1. The van der Waals surface area contributed by atoms with E-state index in [-0.39, 0.29) is 23.5 Å². The van der Waals surface area contributed by atoms with Crippen molar-refractivity contribution in [3.05, 3.63) is 64.4 Å². The van der Waals surface area contributed by atoms with Crippen LogP contribution in [0.1, 0.15) is 28.8 Å². The highest BCUT2D eigenvalue weighted by molar-refractivity contribution is 6.30. The molecular weight excluding hydrogens is 355 g/mol. The second-order valence-electron chi connectivity index (χ2n) is 6.50. The van der Waals surface area contributed by atoms with E-state index < -0.39 is 0 Å². The van der Waals surface area contributed by atoms with Crippen LogP contribution in [-0.2, 0) is 6.54 Å². The Labute approximate surface area is 157 Å². The number of rotatable bonds is 5. The minimum absolute atomic E-state index is 0.0943. The second-order valence-corrected chi connectivity index (χ2v) is 6.94. The maximum absolute atomic E-state index is 13.8. The molecule has 1 amide bonds. The first-order valence-corrected chi connectivity index (χ1v) is 9.04. The van der Waals surface area contributed by atoms with E-state index in [4.69, 9.17) is 16.3 Å². The minimum Gasteiger partial charge on any atom is -0.494 e. The SMILES string of the molecule is COc1ccc(CN2CCC(NC(=O)c3cccc(Cl)c3)CC2)cc1F. The molecule has 0 atom stereocenters. The third-order valence-electron chi connectivity index (χ3n) is 4.63. The van der Waals surface area contributed by atoms with Gasteiger partial charge in [-0.3, -0.25) is 9.69 Å². The van der Waals surface area contributed by atoms with Crippen molar-refractivity contribution in [1.82, 2.24) is 10.2 Å². The van der Waals surface area contributed by atoms with Crippen LogP contribution in [-0.4, -0.2) is 37.0 Å². The van der Waals surface area contributed by atoms with Crippen molar-refractivity contribution in [2.75, 3.05) is 20.2 Å². The molecule has 0 saturated carbocycles. The van der Waals surface area contributed by atoms with E-state index in [0.29, 0.717) is 17.1 Å². The third-order valence-corrected chi connectivity index (χ3v) is 4.87. The maximum atomic E-state index is 13.8. The fraction of sp³-hybridized carbons (Fsp3) is 0.350. The Bertz CT molecular complexity index is 776. The fourth-order valence-electron chi connectivity index (χ4n) is 3.20. The predicted molar refractivity (Wildman–Crippen MR) is 100 cm³/mol. The van der Waals surface area contributed by atoms with Gasteiger partial charge in [0.15, 0.2) is 11.6 Å². The summed E-state index contributed by atoms with van der Waals surface area (Å²) in [6.07, 6.45) is 1.73. The van der Waals surface area contributed by atoms with E-state index in [2.05, 4.69) is 10.2 Å². The maximum Gasteiger partial charge on any atom is 0.251 e. The number of methoxy groups -OCH3 is 1. The van der Waals surface area contributed by atoms with Crippen LogP contribution in [0.4, 0.5) is 4.39 Å². The molecule has 1 aliphatic heterocycles. The van der Waals surface area contributed by atoms with Crippen molar-refractivity contribution in [1.29, 1.82) is 0 Å². The minimum atomic E-state index is -0.339. The lowest BCUT2D eigenvalue weighted by Crippen LogP contribution is -2.44. The zero-order chi connectivity index (χ0) is 18.5. The number of hydrogen-bond acceptors (Lipinski definition) is 3. The molecule has 0 aromatic heterocycles. The van der Waals surface area contributed by atoms with Crippen molar-refractivity contribution in [2.45, 2.75) is 25.4 Å². The number of halogens is 2. The first-order valence-electron chi connectivity index (χ1n) is 8.66. The first kappa shape index (κ1) is 18.7. The van der Waals surface area contributed by atoms with Crippen LogP contribution in [0.15, 0.2) is 42.5 Å². The Balaban J connectivity index is 1.49. The van der Waals surface area contributed by atoms with Crippen LogP contribution in [0.5, 0.6) is 5.75 Å². The normalized spacial score (nSPS) is 15.7. The molecule has 0 aliphatic carbocycles. The molecule has 3 rings (SSSR count). The molecule has 0 unspecified atom stereocenters. The van der Waals surface area contributed by atoms with Crippen molar-refractivity contribution >= 4 is 17.5 Å². The largest absolute Gasteiger partial charge is 0.494 e. The predicted octanol–water partition coefficient (Wildman–Crippen LogP) is 3.88. The van der Waals surface area contributed by atoms with Gasteiger partial charge in [0.2, 0.25) is 0 Å². The standard InChI is InChI=1S/C20H22ClFN2O2/c1-26-19-6-5-14(11-18(19)22)13-24-9-7-17(8-10-24)23-20(25)15-3-2-4-16(21)12-15/h2-6,11-12,17H,7-10,13H2,1H3,(H,23,25). The van der Waals surface area contributed by atoms with Gasteiger partial charge < -0.3 is 10.1 Å². The highest BCUT2D eigenvalue weighted by atomic mass is 35.5. The third kappa shape index (κ3) is 4.74. The molecule has 0 bridgehead atoms. The Kier molecular flexibility index (Phi) is 6.12. The second kappa shape index (κ2) is 8.52. The number of nitrogens with one attached hydrogen (secondary N) is 1. The van der Waals surface area contributed by atoms with E-state index in [0.717, 1.165) is 31.5 Å². The van der Waals surface area contributed by atoms with Gasteiger partial charge in [-0.05, 0) is 48.7 Å². The Morgan fingerprint density at radius 2 is 2.04 bits per heavy atom. The van der Waals surface area contributed by atoms with Gasteiger partial charge in [0.25, 0.3) is 5.91 Å². The average molecular weight is 377 g/mol. The molecule has 26 heavy (non-hydrogen) atoms. The van der Waals surface area contributed by atoms with Gasteiger partial charge in [-0.2, -0.15) is 0 Å². The topological polar surface area (TPSA) is 41.6 Å². The molecule has 1 fully saturated rings. The zero-order valence-corrected chi connectivity index (χ0v) is 15.4. The zero-order valence-electron chi connectivity index (χ0n) is 14.7. The number of carbonyl (C=O) groups is 1. The number of likely N-dealkylation sites (tertiary alicyclic amines) is 1. The highest BCUT2D eigenvalue weighted by Gasteiger charge is 2.21. The number of ether oxygens (including phenoxy) is 1. The molecule has 4 nitrogen and oxygen atoms in total. The molecular formula is C20H22ClFN2O2. The van der Waals surface area contributed by atoms with Crippen molar-refractivity contribution in [2.24, 2.45) is 0 Å². The summed E-state index contributed by atoms with van der Waals surface area (Å²) in [4.78, 5) is 14.6. The monoisotopic (exact) mass is 376 g/mol. The number of amides is 1. The molecule has 1 saturated heterocycles. The molecule has 6 heteroatoms. The lowest BCUT2D eigenvalue weighted by atomic mass is 10.0. The molecule has 0 spiro atoms. The molecule has 0 radical (unpaired) electrons. The van der Waals surface area contributed by atoms with Crippen LogP contribution in [0.3, 0.4) is 0 Å². The van der Waals surface area contributed by atoms with Crippen LogP contribution < -0.4 is 10.1 Å². The number of benzene rings is 2. The van der Waals surface area contributed by atoms with E-state index in [1.165, 1.54) is 13.2 Å². The molecule has 1 N–H and O–H groups in total.